The predicted molar refractivity (Wildman–Crippen MR) is 92.2 cm³/mol. The lowest BCUT2D eigenvalue weighted by atomic mass is 10.1. The second-order valence-electron chi connectivity index (χ2n) is 4.52. The van der Waals surface area contributed by atoms with Crippen LogP contribution < -0.4 is 4.74 Å². The Morgan fingerprint density at radius 3 is 2.38 bits per heavy atom. The summed E-state index contributed by atoms with van der Waals surface area (Å²) in [4.78, 5) is 1.12. The van der Waals surface area contributed by atoms with Gasteiger partial charge in [0.25, 0.3) is 0 Å². The number of thiophene rings is 1. The summed E-state index contributed by atoms with van der Waals surface area (Å²) in [6, 6.07) is 13.2. The van der Waals surface area contributed by atoms with E-state index in [1.165, 1.54) is 4.70 Å². The highest BCUT2D eigenvalue weighted by Crippen LogP contribution is 2.35. The molecular formula is C16H11Cl3OS. The van der Waals surface area contributed by atoms with Gasteiger partial charge < -0.3 is 4.74 Å². The lowest BCUT2D eigenvalue weighted by molar-refractivity contribution is 0.309. The van der Waals surface area contributed by atoms with Crippen LogP contribution in [0.25, 0.3) is 10.1 Å². The average molecular weight is 358 g/mol. The van der Waals surface area contributed by atoms with Gasteiger partial charge in [-0.3, -0.25) is 0 Å². The Labute approximate surface area is 142 Å². The van der Waals surface area contributed by atoms with Crippen LogP contribution in [0.4, 0.5) is 0 Å². The molecule has 0 atom stereocenters. The van der Waals surface area contributed by atoms with Crippen molar-refractivity contribution < 1.29 is 4.74 Å². The third-order valence-corrected chi connectivity index (χ3v) is 5.09. The fourth-order valence-electron chi connectivity index (χ4n) is 2.11. The lowest BCUT2D eigenvalue weighted by Crippen LogP contribution is -1.95. The Kier molecular flexibility index (Phi) is 4.60. The summed E-state index contributed by atoms with van der Waals surface area (Å²) in [5.74, 6) is 1.23. The van der Waals surface area contributed by atoms with Gasteiger partial charge >= 0.3 is 0 Å². The number of halogens is 3. The molecule has 0 N–H and O–H groups in total. The van der Waals surface area contributed by atoms with Crippen molar-refractivity contribution in [2.45, 2.75) is 12.5 Å². The van der Waals surface area contributed by atoms with Crippen molar-refractivity contribution in [1.29, 1.82) is 0 Å². The summed E-state index contributed by atoms with van der Waals surface area (Å²) < 4.78 is 6.98. The van der Waals surface area contributed by atoms with Crippen LogP contribution in [-0.2, 0) is 12.5 Å². The SMILES string of the molecule is ClCc1c(COc2ccc(Cl)cc2)sc2ccc(Cl)cc12. The van der Waals surface area contributed by atoms with Crippen LogP contribution in [-0.4, -0.2) is 0 Å². The molecule has 0 fully saturated rings. The van der Waals surface area contributed by atoms with Gasteiger partial charge in [0.2, 0.25) is 0 Å². The molecule has 1 heterocycles. The maximum atomic E-state index is 6.10. The molecule has 0 unspecified atom stereocenters. The van der Waals surface area contributed by atoms with Gasteiger partial charge in [-0.1, -0.05) is 23.2 Å². The zero-order valence-corrected chi connectivity index (χ0v) is 14.0. The van der Waals surface area contributed by atoms with Crippen LogP contribution in [0.1, 0.15) is 10.4 Å². The Morgan fingerprint density at radius 1 is 0.952 bits per heavy atom. The number of hydrogen-bond acceptors (Lipinski definition) is 2. The molecular weight excluding hydrogens is 347 g/mol. The van der Waals surface area contributed by atoms with E-state index in [0.717, 1.165) is 26.6 Å². The highest BCUT2D eigenvalue weighted by atomic mass is 35.5. The molecule has 21 heavy (non-hydrogen) atoms. The van der Waals surface area contributed by atoms with Crippen LogP contribution in [0.5, 0.6) is 5.75 Å². The number of benzene rings is 2. The minimum Gasteiger partial charge on any atom is -0.488 e. The maximum Gasteiger partial charge on any atom is 0.123 e. The molecule has 3 aromatic rings. The van der Waals surface area contributed by atoms with E-state index >= 15 is 0 Å². The van der Waals surface area contributed by atoms with Gasteiger partial charge in [0, 0.05) is 25.5 Å². The number of ether oxygens (including phenoxy) is 1. The molecule has 0 bridgehead atoms. The number of rotatable bonds is 4. The van der Waals surface area contributed by atoms with Crippen molar-refractivity contribution in [3.63, 3.8) is 0 Å². The van der Waals surface area contributed by atoms with Gasteiger partial charge in [-0.2, -0.15) is 0 Å². The molecule has 1 nitrogen and oxygen atoms in total. The summed E-state index contributed by atoms with van der Waals surface area (Å²) >= 11 is 19.7. The number of hydrogen-bond donors (Lipinski definition) is 0. The van der Waals surface area contributed by atoms with Crippen LogP contribution in [0, 0.1) is 0 Å². The second kappa shape index (κ2) is 6.45. The quantitative estimate of drug-likeness (QED) is 0.482. The van der Waals surface area contributed by atoms with E-state index in [-0.39, 0.29) is 0 Å². The van der Waals surface area contributed by atoms with Gasteiger partial charge in [-0.05, 0) is 53.4 Å². The molecule has 0 radical (unpaired) electrons. The fraction of sp³-hybridized carbons (Fsp3) is 0.125. The Bertz CT molecular complexity index is 765. The fourth-order valence-corrected chi connectivity index (χ4v) is 3.91. The van der Waals surface area contributed by atoms with Crippen LogP contribution in [0.3, 0.4) is 0 Å². The van der Waals surface area contributed by atoms with Gasteiger partial charge in [-0.25, -0.2) is 0 Å². The van der Waals surface area contributed by atoms with Gasteiger partial charge in [0.15, 0.2) is 0 Å². The molecule has 108 valence electrons. The molecule has 0 spiro atoms. The van der Waals surface area contributed by atoms with E-state index in [2.05, 4.69) is 0 Å². The largest absolute Gasteiger partial charge is 0.488 e. The standard InChI is InChI=1S/C16H11Cl3OS/c17-8-14-13-7-11(19)3-6-15(13)21-16(14)9-20-12-4-1-10(18)2-5-12/h1-7H,8-9H2. The zero-order chi connectivity index (χ0) is 14.8. The molecule has 0 aliphatic heterocycles. The van der Waals surface area contributed by atoms with Crippen LogP contribution >= 0.6 is 46.1 Å². The summed E-state index contributed by atoms with van der Waals surface area (Å²) in [6.45, 7) is 0.487. The molecule has 0 aliphatic rings. The summed E-state index contributed by atoms with van der Waals surface area (Å²) in [7, 11) is 0. The topological polar surface area (TPSA) is 9.23 Å². The second-order valence-corrected chi connectivity index (χ2v) is 6.80. The highest BCUT2D eigenvalue weighted by molar-refractivity contribution is 7.19. The van der Waals surface area contributed by atoms with E-state index in [0.29, 0.717) is 17.5 Å². The smallest absolute Gasteiger partial charge is 0.123 e. The van der Waals surface area contributed by atoms with Gasteiger partial charge in [0.1, 0.15) is 12.4 Å². The van der Waals surface area contributed by atoms with Gasteiger partial charge in [-0.15, -0.1) is 22.9 Å². The molecule has 2 aromatic carbocycles. The van der Waals surface area contributed by atoms with E-state index < -0.39 is 0 Å². The monoisotopic (exact) mass is 356 g/mol. The van der Waals surface area contributed by atoms with Crippen molar-refractivity contribution in [1.82, 2.24) is 0 Å². The van der Waals surface area contributed by atoms with Gasteiger partial charge in [0.05, 0.1) is 0 Å². The zero-order valence-electron chi connectivity index (χ0n) is 10.9. The first-order chi connectivity index (χ1) is 10.2. The van der Waals surface area contributed by atoms with E-state index in [4.69, 9.17) is 39.5 Å². The minimum absolute atomic E-state index is 0.444. The molecule has 0 amide bonds. The van der Waals surface area contributed by atoms with Crippen molar-refractivity contribution in [3.05, 3.63) is 63.0 Å². The average Bonchev–Trinajstić information content (AvgIpc) is 2.83. The predicted octanol–water partition coefficient (Wildman–Crippen LogP) is 6.53. The molecule has 1 aromatic heterocycles. The van der Waals surface area contributed by atoms with E-state index in [1.807, 2.05) is 42.5 Å². The minimum atomic E-state index is 0.444. The lowest BCUT2D eigenvalue weighted by Gasteiger charge is -2.06. The molecule has 3 rings (SSSR count). The van der Waals surface area contributed by atoms with Crippen molar-refractivity contribution in [3.8, 4) is 5.75 Å². The van der Waals surface area contributed by atoms with Crippen molar-refractivity contribution in [2.75, 3.05) is 0 Å². The first kappa shape index (κ1) is 15.0. The third kappa shape index (κ3) is 3.29. The summed E-state index contributed by atoms with van der Waals surface area (Å²) in [5, 5.41) is 2.52. The third-order valence-electron chi connectivity index (χ3n) is 3.15. The normalized spacial score (nSPS) is 11.0. The molecule has 0 saturated carbocycles. The van der Waals surface area contributed by atoms with E-state index in [1.54, 1.807) is 11.3 Å². The molecule has 0 aliphatic carbocycles. The summed E-state index contributed by atoms with van der Waals surface area (Å²) in [5.41, 5.74) is 1.09. The van der Waals surface area contributed by atoms with E-state index in [9.17, 15) is 0 Å². The number of alkyl halides is 1. The molecule has 5 heteroatoms. The molecule has 0 saturated heterocycles. The first-order valence-electron chi connectivity index (χ1n) is 6.31. The van der Waals surface area contributed by atoms with Crippen LogP contribution in [0.2, 0.25) is 10.0 Å². The maximum absolute atomic E-state index is 6.10. The Balaban J connectivity index is 1.88. The van der Waals surface area contributed by atoms with Crippen LogP contribution in [0.15, 0.2) is 42.5 Å². The highest BCUT2D eigenvalue weighted by Gasteiger charge is 2.12. The first-order valence-corrected chi connectivity index (χ1v) is 8.42. The number of fused-ring (bicyclic) bond motifs is 1. The Hall–Kier alpha value is -0.930. The Morgan fingerprint density at radius 2 is 1.67 bits per heavy atom. The van der Waals surface area contributed by atoms with Crippen molar-refractivity contribution in [2.24, 2.45) is 0 Å². The summed E-state index contributed by atoms with van der Waals surface area (Å²) in [6.07, 6.45) is 0. The van der Waals surface area contributed by atoms with Crippen molar-refractivity contribution >= 4 is 56.2 Å².